The van der Waals surface area contributed by atoms with Crippen LogP contribution < -0.4 is 11.1 Å². The van der Waals surface area contributed by atoms with Gasteiger partial charge in [0.25, 0.3) is 5.91 Å². The van der Waals surface area contributed by atoms with E-state index in [9.17, 15) is 4.79 Å². The first kappa shape index (κ1) is 15.7. The molecule has 2 rings (SSSR count). The highest BCUT2D eigenvalue weighted by Crippen LogP contribution is 2.13. The zero-order chi connectivity index (χ0) is 15.2. The highest BCUT2D eigenvalue weighted by molar-refractivity contribution is 5.96. The molecule has 1 aromatic rings. The summed E-state index contributed by atoms with van der Waals surface area (Å²) in [7, 11) is 0. The quantitative estimate of drug-likeness (QED) is 0.856. The number of hydrogen-bond donors (Lipinski definition) is 2. The number of aromatic nitrogens is 2. The Labute approximate surface area is 126 Å². The first-order valence-corrected chi connectivity index (χ1v) is 7.71. The Balaban J connectivity index is 1.89. The van der Waals surface area contributed by atoms with Gasteiger partial charge in [0.2, 0.25) is 0 Å². The van der Waals surface area contributed by atoms with Crippen molar-refractivity contribution in [3.63, 3.8) is 0 Å². The SMILES string of the molecule is CC(C)c1ncc(N)c(C(=O)NCCN2CCCCC2)n1. The minimum atomic E-state index is -0.214. The average Bonchev–Trinajstić information content (AvgIpc) is 2.48. The van der Waals surface area contributed by atoms with Crippen molar-refractivity contribution in [3.8, 4) is 0 Å². The maximum absolute atomic E-state index is 12.2. The molecule has 116 valence electrons. The van der Waals surface area contributed by atoms with Crippen molar-refractivity contribution in [3.05, 3.63) is 17.7 Å². The van der Waals surface area contributed by atoms with E-state index >= 15 is 0 Å². The fraction of sp³-hybridized carbons (Fsp3) is 0.667. The maximum atomic E-state index is 12.2. The summed E-state index contributed by atoms with van der Waals surface area (Å²) in [5.41, 5.74) is 6.42. The van der Waals surface area contributed by atoms with Crippen LogP contribution in [-0.4, -0.2) is 47.0 Å². The number of nitrogens with two attached hydrogens (primary N) is 1. The smallest absolute Gasteiger partial charge is 0.272 e. The topological polar surface area (TPSA) is 84.1 Å². The Morgan fingerprint density at radius 1 is 1.38 bits per heavy atom. The molecule has 1 aromatic heterocycles. The molecule has 0 bridgehead atoms. The molecular weight excluding hydrogens is 266 g/mol. The van der Waals surface area contributed by atoms with Gasteiger partial charge in [0.05, 0.1) is 11.9 Å². The van der Waals surface area contributed by atoms with E-state index in [1.807, 2.05) is 13.8 Å². The summed E-state index contributed by atoms with van der Waals surface area (Å²) in [6.07, 6.45) is 5.34. The fourth-order valence-electron chi connectivity index (χ4n) is 2.46. The minimum Gasteiger partial charge on any atom is -0.396 e. The number of nitrogen functional groups attached to an aromatic ring is 1. The Morgan fingerprint density at radius 2 is 2.10 bits per heavy atom. The second-order valence-corrected chi connectivity index (χ2v) is 5.85. The van der Waals surface area contributed by atoms with Gasteiger partial charge in [-0.1, -0.05) is 20.3 Å². The highest BCUT2D eigenvalue weighted by atomic mass is 16.1. The first-order chi connectivity index (χ1) is 10.1. The van der Waals surface area contributed by atoms with Crippen LogP contribution in [-0.2, 0) is 0 Å². The summed E-state index contributed by atoms with van der Waals surface area (Å²) < 4.78 is 0. The molecule has 1 saturated heterocycles. The van der Waals surface area contributed by atoms with Crippen molar-refractivity contribution in [1.82, 2.24) is 20.2 Å². The molecule has 6 heteroatoms. The largest absolute Gasteiger partial charge is 0.396 e. The number of nitrogens with one attached hydrogen (secondary N) is 1. The lowest BCUT2D eigenvalue weighted by atomic mass is 10.1. The summed E-state index contributed by atoms with van der Waals surface area (Å²) in [5.74, 6) is 0.602. The van der Waals surface area contributed by atoms with Crippen LogP contribution in [0.1, 0.15) is 55.3 Å². The van der Waals surface area contributed by atoms with Gasteiger partial charge in [0, 0.05) is 19.0 Å². The van der Waals surface area contributed by atoms with Crippen molar-refractivity contribution in [1.29, 1.82) is 0 Å². The number of rotatable bonds is 5. The minimum absolute atomic E-state index is 0.172. The predicted octanol–water partition coefficient (Wildman–Crippen LogP) is 1.40. The molecule has 0 spiro atoms. The third-order valence-corrected chi connectivity index (χ3v) is 3.73. The lowest BCUT2D eigenvalue weighted by Gasteiger charge is -2.26. The van der Waals surface area contributed by atoms with Gasteiger partial charge in [-0.2, -0.15) is 0 Å². The molecule has 2 heterocycles. The molecule has 0 aliphatic carbocycles. The number of hydrogen-bond acceptors (Lipinski definition) is 5. The highest BCUT2D eigenvalue weighted by Gasteiger charge is 2.15. The summed E-state index contributed by atoms with van der Waals surface area (Å²) in [6, 6.07) is 0. The molecule has 0 unspecified atom stereocenters. The van der Waals surface area contributed by atoms with Gasteiger partial charge >= 0.3 is 0 Å². The third-order valence-electron chi connectivity index (χ3n) is 3.73. The number of anilines is 1. The number of carbonyl (C=O) groups excluding carboxylic acids is 1. The Kier molecular flexibility index (Phi) is 5.50. The summed E-state index contributed by atoms with van der Waals surface area (Å²) >= 11 is 0. The Bertz CT molecular complexity index is 483. The second kappa shape index (κ2) is 7.36. The molecule has 0 atom stereocenters. The molecule has 3 N–H and O–H groups in total. The normalized spacial score (nSPS) is 16.1. The second-order valence-electron chi connectivity index (χ2n) is 5.85. The summed E-state index contributed by atoms with van der Waals surface area (Å²) in [6.45, 7) is 7.74. The number of amides is 1. The summed E-state index contributed by atoms with van der Waals surface area (Å²) in [5, 5.41) is 2.90. The van der Waals surface area contributed by atoms with Crippen LogP contribution in [0.2, 0.25) is 0 Å². The van der Waals surface area contributed by atoms with Crippen LogP contribution in [0, 0.1) is 0 Å². The van der Waals surface area contributed by atoms with Gasteiger partial charge < -0.3 is 16.0 Å². The van der Waals surface area contributed by atoms with Gasteiger partial charge in [-0.15, -0.1) is 0 Å². The zero-order valence-electron chi connectivity index (χ0n) is 12.9. The van der Waals surface area contributed by atoms with Crippen molar-refractivity contribution >= 4 is 11.6 Å². The number of likely N-dealkylation sites (tertiary alicyclic amines) is 1. The molecule has 6 nitrogen and oxygen atoms in total. The van der Waals surface area contributed by atoms with Crippen molar-refractivity contribution < 1.29 is 4.79 Å². The van der Waals surface area contributed by atoms with Gasteiger partial charge in [0.15, 0.2) is 5.69 Å². The van der Waals surface area contributed by atoms with Crippen molar-refractivity contribution in [2.75, 3.05) is 31.9 Å². The van der Waals surface area contributed by atoms with Crippen LogP contribution in [0.3, 0.4) is 0 Å². The molecule has 21 heavy (non-hydrogen) atoms. The zero-order valence-corrected chi connectivity index (χ0v) is 12.9. The van der Waals surface area contributed by atoms with Crippen molar-refractivity contribution in [2.24, 2.45) is 0 Å². The number of carbonyl (C=O) groups is 1. The Morgan fingerprint density at radius 3 is 2.76 bits per heavy atom. The molecule has 0 radical (unpaired) electrons. The lowest BCUT2D eigenvalue weighted by Crippen LogP contribution is -2.38. The van der Waals surface area contributed by atoms with E-state index in [0.29, 0.717) is 18.1 Å². The van der Waals surface area contributed by atoms with E-state index < -0.39 is 0 Å². The standard InChI is InChI=1S/C15H25N5O/c1-11(2)14-18-10-12(16)13(19-14)15(21)17-6-9-20-7-4-3-5-8-20/h10-11H,3-9,16H2,1-2H3,(H,17,21). The van der Waals surface area contributed by atoms with Crippen LogP contribution in [0.5, 0.6) is 0 Å². The van der Waals surface area contributed by atoms with E-state index in [1.54, 1.807) is 0 Å². The van der Waals surface area contributed by atoms with Crippen LogP contribution >= 0.6 is 0 Å². The molecule has 1 aliphatic heterocycles. The molecule has 0 saturated carbocycles. The fourth-order valence-corrected chi connectivity index (χ4v) is 2.46. The van der Waals surface area contributed by atoms with Crippen LogP contribution in [0.25, 0.3) is 0 Å². The van der Waals surface area contributed by atoms with Crippen LogP contribution in [0.15, 0.2) is 6.20 Å². The van der Waals surface area contributed by atoms with E-state index in [4.69, 9.17) is 5.73 Å². The maximum Gasteiger partial charge on any atom is 0.272 e. The van der Waals surface area contributed by atoms with E-state index in [0.717, 1.165) is 19.6 Å². The van der Waals surface area contributed by atoms with Gasteiger partial charge in [-0.3, -0.25) is 4.79 Å². The Hall–Kier alpha value is -1.69. The van der Waals surface area contributed by atoms with Crippen molar-refractivity contribution in [2.45, 2.75) is 39.0 Å². The molecule has 0 aromatic carbocycles. The van der Waals surface area contributed by atoms with Gasteiger partial charge in [-0.25, -0.2) is 9.97 Å². The summed E-state index contributed by atoms with van der Waals surface area (Å²) in [4.78, 5) is 23.0. The number of nitrogens with zero attached hydrogens (tertiary/aromatic N) is 3. The van der Waals surface area contributed by atoms with E-state index in [-0.39, 0.29) is 17.5 Å². The number of piperidine rings is 1. The molecule has 1 amide bonds. The van der Waals surface area contributed by atoms with E-state index in [2.05, 4.69) is 20.2 Å². The molecule has 1 aliphatic rings. The van der Waals surface area contributed by atoms with Gasteiger partial charge in [-0.05, 0) is 25.9 Å². The monoisotopic (exact) mass is 291 g/mol. The van der Waals surface area contributed by atoms with E-state index in [1.165, 1.54) is 25.5 Å². The molecular formula is C15H25N5O. The molecule has 1 fully saturated rings. The predicted molar refractivity (Wildman–Crippen MR) is 83.2 cm³/mol. The van der Waals surface area contributed by atoms with Crippen LogP contribution in [0.4, 0.5) is 5.69 Å². The first-order valence-electron chi connectivity index (χ1n) is 7.71. The van der Waals surface area contributed by atoms with Gasteiger partial charge in [0.1, 0.15) is 5.82 Å². The third kappa shape index (κ3) is 4.39. The lowest BCUT2D eigenvalue weighted by molar-refractivity contribution is 0.0942. The average molecular weight is 291 g/mol.